The Balaban J connectivity index is 1.07. The zero-order valence-electron chi connectivity index (χ0n) is 28.7. The molecule has 10 aromatic rings. The van der Waals surface area contributed by atoms with Gasteiger partial charge in [-0.2, -0.15) is 0 Å². The van der Waals surface area contributed by atoms with Crippen molar-refractivity contribution in [3.63, 3.8) is 0 Å². The van der Waals surface area contributed by atoms with Crippen LogP contribution in [-0.2, 0) is 0 Å². The van der Waals surface area contributed by atoms with Crippen molar-refractivity contribution < 1.29 is 0 Å². The molecule has 250 valence electrons. The molecule has 0 fully saturated rings. The smallest absolute Gasteiger partial charge is 0.168 e. The lowest BCUT2D eigenvalue weighted by Crippen LogP contribution is -2.10. The highest BCUT2D eigenvalue weighted by molar-refractivity contribution is 6.09. The molecular formula is C47H32N6. The summed E-state index contributed by atoms with van der Waals surface area (Å²) in [6.45, 7) is 0. The fourth-order valence-corrected chi connectivity index (χ4v) is 7.48. The molecule has 7 aromatic carbocycles. The van der Waals surface area contributed by atoms with E-state index in [9.17, 15) is 0 Å². The highest BCUT2D eigenvalue weighted by Gasteiger charge is 2.20. The fraction of sp³-hybridized carbons (Fsp3) is 0. The predicted molar refractivity (Wildman–Crippen MR) is 217 cm³/mol. The van der Waals surface area contributed by atoms with Gasteiger partial charge in [0.1, 0.15) is 0 Å². The number of para-hydroxylation sites is 4. The second-order valence-electron chi connectivity index (χ2n) is 13.0. The van der Waals surface area contributed by atoms with Gasteiger partial charge in [0.25, 0.3) is 0 Å². The van der Waals surface area contributed by atoms with E-state index in [1.165, 1.54) is 21.8 Å². The molecule has 0 saturated heterocycles. The molecule has 53 heavy (non-hydrogen) atoms. The van der Waals surface area contributed by atoms with Gasteiger partial charge in [0, 0.05) is 56.2 Å². The number of benzene rings is 7. The van der Waals surface area contributed by atoms with Gasteiger partial charge < -0.3 is 9.47 Å². The monoisotopic (exact) mass is 680 g/mol. The maximum atomic E-state index is 4.79. The first-order chi connectivity index (χ1) is 26.3. The zero-order chi connectivity index (χ0) is 35.1. The third kappa shape index (κ3) is 5.24. The van der Waals surface area contributed by atoms with Crippen molar-refractivity contribution in [1.29, 1.82) is 0 Å². The molecule has 0 aliphatic rings. The van der Waals surface area contributed by atoms with E-state index in [-0.39, 0.29) is 0 Å². The van der Waals surface area contributed by atoms with Gasteiger partial charge in [-0.05, 0) is 84.9 Å². The minimum Gasteiger partial charge on any atom is -0.311 e. The summed E-state index contributed by atoms with van der Waals surface area (Å²) in [5, 5.41) is 13.1. The summed E-state index contributed by atoms with van der Waals surface area (Å²) in [6.07, 6.45) is 1.85. The van der Waals surface area contributed by atoms with Gasteiger partial charge in [-0.3, -0.25) is 9.55 Å². The highest BCUT2D eigenvalue weighted by atomic mass is 15.3. The standard InChI is InChI=1S/C47H32N6/c1-3-13-33(14-4-1)46-49-50-47(53(46)45-31-32-48-42-20-10-7-19-41(42)45)34-23-25-36(26-24-34)51(35-15-5-2-6-16-35)37-27-29-38(30-28-37)52-43-21-11-8-17-39(43)40-18-9-12-22-44(40)52/h1-32H. The van der Waals surface area contributed by atoms with Crippen molar-refractivity contribution in [3.8, 4) is 34.2 Å². The number of pyridine rings is 1. The molecule has 6 heteroatoms. The Labute approximate surface area is 306 Å². The largest absolute Gasteiger partial charge is 0.311 e. The van der Waals surface area contributed by atoms with Crippen LogP contribution in [0.15, 0.2) is 194 Å². The van der Waals surface area contributed by atoms with Crippen LogP contribution in [0, 0.1) is 0 Å². The maximum Gasteiger partial charge on any atom is 0.168 e. The molecule has 0 aliphatic heterocycles. The minimum atomic E-state index is 0.758. The van der Waals surface area contributed by atoms with Crippen LogP contribution in [0.4, 0.5) is 17.1 Å². The first-order valence-electron chi connectivity index (χ1n) is 17.7. The van der Waals surface area contributed by atoms with Gasteiger partial charge in [0.05, 0.1) is 22.2 Å². The Morgan fingerprint density at radius 2 is 0.868 bits per heavy atom. The summed E-state index contributed by atoms with van der Waals surface area (Å²) < 4.78 is 4.50. The van der Waals surface area contributed by atoms with Crippen molar-refractivity contribution in [1.82, 2.24) is 24.3 Å². The van der Waals surface area contributed by atoms with Crippen LogP contribution in [0.25, 0.3) is 66.9 Å². The molecule has 10 rings (SSSR count). The first-order valence-corrected chi connectivity index (χ1v) is 17.7. The second kappa shape index (κ2) is 12.8. The SMILES string of the molecule is c1ccc(-c2nnc(-c3ccc(N(c4ccccc4)c4ccc(-n5c6ccccc6c6ccccc65)cc4)cc3)n2-c2ccnc3ccccc23)cc1. The average Bonchev–Trinajstić information content (AvgIpc) is 3.82. The van der Waals surface area contributed by atoms with Crippen molar-refractivity contribution in [2.75, 3.05) is 4.90 Å². The number of hydrogen-bond donors (Lipinski definition) is 0. The lowest BCUT2D eigenvalue weighted by molar-refractivity contribution is 1.08. The topological polar surface area (TPSA) is 51.8 Å². The summed E-state index contributed by atoms with van der Waals surface area (Å²) in [5.74, 6) is 1.53. The Hall–Kier alpha value is -7.31. The molecule has 0 N–H and O–H groups in total. The number of anilines is 3. The molecule has 0 atom stereocenters. The quantitative estimate of drug-likeness (QED) is 0.168. The predicted octanol–water partition coefficient (Wildman–Crippen LogP) is 11.7. The van der Waals surface area contributed by atoms with Crippen LogP contribution in [0.1, 0.15) is 0 Å². The molecule has 3 aromatic heterocycles. The van der Waals surface area contributed by atoms with Gasteiger partial charge in [-0.1, -0.05) is 103 Å². The van der Waals surface area contributed by atoms with E-state index >= 15 is 0 Å². The Morgan fingerprint density at radius 1 is 0.377 bits per heavy atom. The van der Waals surface area contributed by atoms with Crippen molar-refractivity contribution in [2.45, 2.75) is 0 Å². The van der Waals surface area contributed by atoms with Gasteiger partial charge in [0.15, 0.2) is 11.6 Å². The van der Waals surface area contributed by atoms with Gasteiger partial charge in [0.2, 0.25) is 0 Å². The lowest BCUT2D eigenvalue weighted by Gasteiger charge is -2.26. The highest BCUT2D eigenvalue weighted by Crippen LogP contribution is 2.38. The molecular weight excluding hydrogens is 649 g/mol. The maximum absolute atomic E-state index is 4.79. The molecule has 0 spiro atoms. The van der Waals surface area contributed by atoms with Crippen LogP contribution >= 0.6 is 0 Å². The molecule has 6 nitrogen and oxygen atoms in total. The second-order valence-corrected chi connectivity index (χ2v) is 13.0. The van der Waals surface area contributed by atoms with Crippen LogP contribution in [0.5, 0.6) is 0 Å². The van der Waals surface area contributed by atoms with Crippen molar-refractivity contribution in [3.05, 3.63) is 194 Å². The molecule has 0 unspecified atom stereocenters. The summed E-state index contributed by atoms with van der Waals surface area (Å²) in [4.78, 5) is 6.92. The molecule has 0 saturated carbocycles. The molecule has 0 radical (unpaired) electrons. The van der Waals surface area contributed by atoms with Crippen LogP contribution in [0.2, 0.25) is 0 Å². The number of nitrogens with zero attached hydrogens (tertiary/aromatic N) is 6. The van der Waals surface area contributed by atoms with Crippen LogP contribution in [0.3, 0.4) is 0 Å². The molecule has 0 amide bonds. The fourth-order valence-electron chi connectivity index (χ4n) is 7.48. The van der Waals surface area contributed by atoms with Crippen LogP contribution < -0.4 is 4.90 Å². The van der Waals surface area contributed by atoms with E-state index in [1.807, 2.05) is 48.7 Å². The van der Waals surface area contributed by atoms with Crippen molar-refractivity contribution in [2.24, 2.45) is 0 Å². The van der Waals surface area contributed by atoms with Gasteiger partial charge in [-0.25, -0.2) is 0 Å². The minimum absolute atomic E-state index is 0.758. The van der Waals surface area contributed by atoms with Crippen LogP contribution in [-0.4, -0.2) is 24.3 Å². The summed E-state index contributed by atoms with van der Waals surface area (Å²) >= 11 is 0. The van der Waals surface area contributed by atoms with E-state index in [0.29, 0.717) is 0 Å². The average molecular weight is 681 g/mol. The van der Waals surface area contributed by atoms with Gasteiger partial charge >= 0.3 is 0 Å². The lowest BCUT2D eigenvalue weighted by atomic mass is 10.1. The van der Waals surface area contributed by atoms with E-state index in [2.05, 4.69) is 165 Å². The Kier molecular flexibility index (Phi) is 7.36. The number of hydrogen-bond acceptors (Lipinski definition) is 4. The first kappa shape index (κ1) is 30.5. The Bertz CT molecular complexity index is 2820. The number of aromatic nitrogens is 5. The van der Waals surface area contributed by atoms with E-state index in [4.69, 9.17) is 10.2 Å². The third-order valence-electron chi connectivity index (χ3n) is 9.91. The zero-order valence-corrected chi connectivity index (χ0v) is 28.7. The normalized spacial score (nSPS) is 11.4. The molecule has 0 aliphatic carbocycles. The van der Waals surface area contributed by atoms with E-state index in [0.717, 1.165) is 62.1 Å². The molecule has 3 heterocycles. The van der Waals surface area contributed by atoms with Gasteiger partial charge in [-0.15, -0.1) is 10.2 Å². The Morgan fingerprint density at radius 3 is 1.51 bits per heavy atom. The van der Waals surface area contributed by atoms with E-state index < -0.39 is 0 Å². The third-order valence-corrected chi connectivity index (χ3v) is 9.91. The number of rotatable bonds is 7. The molecule has 0 bridgehead atoms. The van der Waals surface area contributed by atoms with E-state index in [1.54, 1.807) is 0 Å². The summed E-state index contributed by atoms with van der Waals surface area (Å²) in [5.41, 5.74) is 10.5. The van der Waals surface area contributed by atoms with Crippen molar-refractivity contribution >= 4 is 49.8 Å². The summed E-state index contributed by atoms with van der Waals surface area (Å²) in [6, 6.07) is 65.6. The summed E-state index contributed by atoms with van der Waals surface area (Å²) in [7, 11) is 0. The number of fused-ring (bicyclic) bond motifs is 4.